The van der Waals surface area contributed by atoms with E-state index in [0.717, 1.165) is 6.07 Å². The van der Waals surface area contributed by atoms with Crippen LogP contribution in [0.2, 0.25) is 0 Å². The van der Waals surface area contributed by atoms with E-state index in [1.54, 1.807) is 0 Å². The first-order valence-corrected chi connectivity index (χ1v) is 5.76. The number of hydrogen-bond acceptors (Lipinski definition) is 5. The van der Waals surface area contributed by atoms with Crippen molar-refractivity contribution >= 4 is 17.6 Å². The number of nitro benzene ring substituents is 1. The van der Waals surface area contributed by atoms with Crippen LogP contribution >= 0.6 is 0 Å². The highest BCUT2D eigenvalue weighted by Crippen LogP contribution is 2.19. The summed E-state index contributed by atoms with van der Waals surface area (Å²) in [5.74, 6) is -2.03. The molecule has 0 saturated carbocycles. The van der Waals surface area contributed by atoms with Gasteiger partial charge in [0.25, 0.3) is 11.6 Å². The number of carboxylic acid groups (broad SMARTS) is 1. The number of benzene rings is 1. The quantitative estimate of drug-likeness (QED) is 0.513. The summed E-state index contributed by atoms with van der Waals surface area (Å²) >= 11 is 0. The third kappa shape index (κ3) is 3.75. The Morgan fingerprint density at radius 2 is 2.10 bits per heavy atom. The molecule has 0 bridgehead atoms. The molecular formula is C12H14N2O6. The molecule has 0 heterocycles. The smallest absolute Gasteiger partial charge is 0.326 e. The SMILES string of the molecule is Cc1ccc(C(=O)N[C@@H](CCO)C(=O)O)cc1[N+](=O)[O-]. The Hall–Kier alpha value is -2.48. The first-order valence-electron chi connectivity index (χ1n) is 5.76. The molecule has 20 heavy (non-hydrogen) atoms. The van der Waals surface area contributed by atoms with Gasteiger partial charge in [0.05, 0.1) is 4.92 Å². The van der Waals surface area contributed by atoms with E-state index in [4.69, 9.17) is 10.2 Å². The van der Waals surface area contributed by atoms with Gasteiger partial charge in [0.15, 0.2) is 0 Å². The lowest BCUT2D eigenvalue weighted by molar-refractivity contribution is -0.385. The topological polar surface area (TPSA) is 130 Å². The zero-order valence-electron chi connectivity index (χ0n) is 10.7. The number of aliphatic carboxylic acids is 1. The van der Waals surface area contributed by atoms with E-state index in [0.29, 0.717) is 5.56 Å². The zero-order valence-corrected chi connectivity index (χ0v) is 10.7. The molecule has 1 aromatic carbocycles. The molecule has 0 radical (unpaired) electrons. The van der Waals surface area contributed by atoms with Crippen LogP contribution in [0.25, 0.3) is 0 Å². The largest absolute Gasteiger partial charge is 0.480 e. The van der Waals surface area contributed by atoms with Crippen molar-refractivity contribution in [1.82, 2.24) is 5.32 Å². The molecule has 0 aliphatic carbocycles. The van der Waals surface area contributed by atoms with Gasteiger partial charge in [-0.3, -0.25) is 14.9 Å². The summed E-state index contributed by atoms with van der Waals surface area (Å²) in [6, 6.07) is 2.63. The van der Waals surface area contributed by atoms with Crippen molar-refractivity contribution < 1.29 is 24.7 Å². The van der Waals surface area contributed by atoms with Crippen LogP contribution in [0.3, 0.4) is 0 Å². The normalized spacial score (nSPS) is 11.7. The number of rotatable bonds is 6. The van der Waals surface area contributed by atoms with E-state index < -0.39 is 29.4 Å². The van der Waals surface area contributed by atoms with Crippen LogP contribution in [0, 0.1) is 17.0 Å². The summed E-state index contributed by atoms with van der Waals surface area (Å²) in [5, 5.41) is 30.5. The number of carbonyl (C=O) groups is 2. The summed E-state index contributed by atoms with van der Waals surface area (Å²) in [7, 11) is 0. The van der Waals surface area contributed by atoms with E-state index in [1.807, 2.05) is 0 Å². The number of nitro groups is 1. The Morgan fingerprint density at radius 3 is 2.60 bits per heavy atom. The number of aryl methyl sites for hydroxylation is 1. The van der Waals surface area contributed by atoms with Crippen molar-refractivity contribution in [1.29, 1.82) is 0 Å². The summed E-state index contributed by atoms with van der Waals surface area (Å²) in [6.07, 6.45) is -0.144. The Kier molecular flexibility index (Phi) is 5.15. The third-order valence-corrected chi connectivity index (χ3v) is 2.69. The molecule has 0 saturated heterocycles. The number of carbonyl (C=O) groups excluding carboxylic acids is 1. The second-order valence-electron chi connectivity index (χ2n) is 4.13. The number of aliphatic hydroxyl groups is 1. The predicted octanol–water partition coefficient (Wildman–Crippen LogP) is 0.469. The fourth-order valence-electron chi connectivity index (χ4n) is 1.58. The molecule has 0 spiro atoms. The average Bonchev–Trinajstić information content (AvgIpc) is 2.38. The van der Waals surface area contributed by atoms with Crippen LogP contribution in [0.15, 0.2) is 18.2 Å². The van der Waals surface area contributed by atoms with Crippen LogP contribution in [0.5, 0.6) is 0 Å². The van der Waals surface area contributed by atoms with Crippen LogP contribution in [0.1, 0.15) is 22.3 Å². The standard InChI is InChI=1S/C12H14N2O6/c1-7-2-3-8(6-10(7)14(19)20)11(16)13-9(4-5-15)12(17)18/h2-3,6,9,15H,4-5H2,1H3,(H,13,16)(H,17,18)/t9-/m0/s1. The monoisotopic (exact) mass is 282 g/mol. The highest BCUT2D eigenvalue weighted by atomic mass is 16.6. The molecule has 0 aliphatic heterocycles. The van der Waals surface area contributed by atoms with Crippen molar-refractivity contribution in [3.05, 3.63) is 39.4 Å². The molecule has 0 aromatic heterocycles. The minimum absolute atomic E-state index is 0.00788. The van der Waals surface area contributed by atoms with Gasteiger partial charge in [-0.15, -0.1) is 0 Å². The van der Waals surface area contributed by atoms with Gasteiger partial charge in [-0.2, -0.15) is 0 Å². The molecule has 1 amide bonds. The van der Waals surface area contributed by atoms with Crippen LogP contribution in [-0.2, 0) is 4.79 Å². The van der Waals surface area contributed by atoms with Gasteiger partial charge in [-0.05, 0) is 13.0 Å². The van der Waals surface area contributed by atoms with E-state index in [2.05, 4.69) is 5.32 Å². The highest BCUT2D eigenvalue weighted by molar-refractivity contribution is 5.97. The minimum atomic E-state index is -1.28. The zero-order chi connectivity index (χ0) is 15.3. The van der Waals surface area contributed by atoms with Crippen molar-refractivity contribution in [2.45, 2.75) is 19.4 Å². The summed E-state index contributed by atoms with van der Waals surface area (Å²) < 4.78 is 0. The van der Waals surface area contributed by atoms with Crippen molar-refractivity contribution in [3.63, 3.8) is 0 Å². The minimum Gasteiger partial charge on any atom is -0.480 e. The molecular weight excluding hydrogens is 268 g/mol. The fraction of sp³-hybridized carbons (Fsp3) is 0.333. The number of nitrogens with zero attached hydrogens (tertiary/aromatic N) is 1. The molecule has 8 nitrogen and oxygen atoms in total. The molecule has 1 aromatic rings. The molecule has 3 N–H and O–H groups in total. The molecule has 8 heteroatoms. The Bertz CT molecular complexity index is 543. The maximum Gasteiger partial charge on any atom is 0.326 e. The van der Waals surface area contributed by atoms with Crippen molar-refractivity contribution in [2.75, 3.05) is 6.61 Å². The second-order valence-corrected chi connectivity index (χ2v) is 4.13. The lowest BCUT2D eigenvalue weighted by atomic mass is 10.1. The first-order chi connectivity index (χ1) is 9.36. The lowest BCUT2D eigenvalue weighted by Gasteiger charge is -2.13. The lowest BCUT2D eigenvalue weighted by Crippen LogP contribution is -2.41. The maximum absolute atomic E-state index is 11.8. The number of aliphatic hydroxyl groups excluding tert-OH is 1. The van der Waals surface area contributed by atoms with Gasteiger partial charge in [-0.25, -0.2) is 4.79 Å². The van der Waals surface area contributed by atoms with Gasteiger partial charge in [0.2, 0.25) is 0 Å². The number of amides is 1. The predicted molar refractivity (Wildman–Crippen MR) is 68.4 cm³/mol. The van der Waals surface area contributed by atoms with Gasteiger partial charge >= 0.3 is 5.97 Å². The Balaban J connectivity index is 2.95. The summed E-state index contributed by atoms with van der Waals surface area (Å²) in [4.78, 5) is 32.9. The van der Waals surface area contributed by atoms with Crippen LogP contribution < -0.4 is 5.32 Å². The van der Waals surface area contributed by atoms with Gasteiger partial charge < -0.3 is 15.5 Å². The molecule has 1 rings (SSSR count). The number of hydrogen-bond donors (Lipinski definition) is 3. The van der Waals surface area contributed by atoms with Crippen LogP contribution in [0.4, 0.5) is 5.69 Å². The van der Waals surface area contributed by atoms with Gasteiger partial charge in [0, 0.05) is 30.2 Å². The first kappa shape index (κ1) is 15.6. The molecule has 1 atom stereocenters. The second kappa shape index (κ2) is 6.62. The average molecular weight is 282 g/mol. The fourth-order valence-corrected chi connectivity index (χ4v) is 1.58. The van der Waals surface area contributed by atoms with Gasteiger partial charge in [0.1, 0.15) is 6.04 Å². The summed E-state index contributed by atoms with van der Waals surface area (Å²) in [5.41, 5.74) is 0.176. The molecule has 0 fully saturated rings. The van der Waals surface area contributed by atoms with Crippen molar-refractivity contribution in [2.24, 2.45) is 0 Å². The molecule has 0 aliphatic rings. The van der Waals surface area contributed by atoms with E-state index in [-0.39, 0.29) is 17.7 Å². The third-order valence-electron chi connectivity index (χ3n) is 2.69. The van der Waals surface area contributed by atoms with Crippen molar-refractivity contribution in [3.8, 4) is 0 Å². The number of nitrogens with one attached hydrogen (secondary N) is 1. The maximum atomic E-state index is 11.8. The van der Waals surface area contributed by atoms with Gasteiger partial charge in [-0.1, -0.05) is 6.07 Å². The number of carboxylic acids is 1. The molecule has 108 valence electrons. The molecule has 0 unspecified atom stereocenters. The van der Waals surface area contributed by atoms with E-state index in [1.165, 1.54) is 19.1 Å². The van der Waals surface area contributed by atoms with E-state index >= 15 is 0 Å². The van der Waals surface area contributed by atoms with E-state index in [9.17, 15) is 19.7 Å². The van der Waals surface area contributed by atoms with Crippen LogP contribution in [-0.4, -0.2) is 39.7 Å². The Labute approximate surface area is 114 Å². The Morgan fingerprint density at radius 1 is 1.45 bits per heavy atom. The highest BCUT2D eigenvalue weighted by Gasteiger charge is 2.21. The summed E-state index contributed by atoms with van der Waals surface area (Å²) in [6.45, 7) is 1.14.